The van der Waals surface area contributed by atoms with Crippen molar-refractivity contribution in [2.75, 3.05) is 0 Å². The summed E-state index contributed by atoms with van der Waals surface area (Å²) in [5.41, 5.74) is 1.40. The molecule has 17 heavy (non-hydrogen) atoms. The number of nitro groups is 1. The summed E-state index contributed by atoms with van der Waals surface area (Å²) in [6.45, 7) is 1.86. The molecular formula is C12H13NO4. The maximum Gasteiger partial charge on any atom is 0.304 e. The summed E-state index contributed by atoms with van der Waals surface area (Å²) in [5.74, 6) is -0.853. The fourth-order valence-electron chi connectivity index (χ4n) is 2.28. The van der Waals surface area contributed by atoms with Crippen LogP contribution in [0.25, 0.3) is 0 Å². The maximum absolute atomic E-state index is 10.8. The lowest BCUT2D eigenvalue weighted by atomic mass is 9.88. The van der Waals surface area contributed by atoms with Crippen LogP contribution in [0.5, 0.6) is 0 Å². The van der Waals surface area contributed by atoms with Crippen molar-refractivity contribution in [3.8, 4) is 0 Å². The van der Waals surface area contributed by atoms with Gasteiger partial charge in [0, 0.05) is 17.5 Å². The fourth-order valence-corrected chi connectivity index (χ4v) is 2.28. The summed E-state index contributed by atoms with van der Waals surface area (Å²) in [4.78, 5) is 21.1. The highest BCUT2D eigenvalue weighted by molar-refractivity contribution is 5.70. The van der Waals surface area contributed by atoms with Gasteiger partial charge in [0.2, 0.25) is 0 Å². The minimum atomic E-state index is -0.853. The molecule has 90 valence electrons. The van der Waals surface area contributed by atoms with Crippen molar-refractivity contribution in [1.29, 1.82) is 0 Å². The van der Waals surface area contributed by atoms with Crippen LogP contribution in [-0.2, 0) is 10.2 Å². The molecule has 0 unspecified atom stereocenters. The first-order chi connectivity index (χ1) is 7.94. The molecule has 5 heteroatoms. The van der Waals surface area contributed by atoms with Crippen LogP contribution >= 0.6 is 0 Å². The van der Waals surface area contributed by atoms with Crippen LogP contribution in [0.3, 0.4) is 0 Å². The van der Waals surface area contributed by atoms with E-state index >= 15 is 0 Å². The van der Waals surface area contributed by atoms with Crippen molar-refractivity contribution in [1.82, 2.24) is 0 Å². The number of nitrogens with zero attached hydrogens (tertiary/aromatic N) is 1. The summed E-state index contributed by atoms with van der Waals surface area (Å²) in [6.07, 6.45) is 1.64. The van der Waals surface area contributed by atoms with Crippen LogP contribution in [0.1, 0.15) is 30.4 Å². The number of rotatable bonds is 4. The second-order valence-corrected chi connectivity index (χ2v) is 4.61. The van der Waals surface area contributed by atoms with Gasteiger partial charge in [0.05, 0.1) is 11.3 Å². The molecule has 1 fully saturated rings. The number of non-ortho nitro benzene ring substituents is 1. The Bertz CT molecular complexity index is 491. The van der Waals surface area contributed by atoms with Crippen molar-refractivity contribution < 1.29 is 14.8 Å². The molecule has 1 aromatic carbocycles. The molecule has 0 radical (unpaired) electrons. The molecule has 0 spiro atoms. The highest BCUT2D eigenvalue weighted by atomic mass is 16.6. The standard InChI is InChI=1S/C12H13NO4/c1-8-2-3-9(13(16)17)6-10(8)12(4-5-12)7-11(14)15/h2-3,6H,4-5,7H2,1H3,(H,14,15). The molecule has 1 saturated carbocycles. The van der Waals surface area contributed by atoms with E-state index in [9.17, 15) is 14.9 Å². The second-order valence-electron chi connectivity index (χ2n) is 4.61. The quantitative estimate of drug-likeness (QED) is 0.641. The zero-order valence-electron chi connectivity index (χ0n) is 9.47. The molecule has 5 nitrogen and oxygen atoms in total. The minimum Gasteiger partial charge on any atom is -0.481 e. The van der Waals surface area contributed by atoms with Gasteiger partial charge in [-0.2, -0.15) is 0 Å². The number of hydrogen-bond acceptors (Lipinski definition) is 3. The van der Waals surface area contributed by atoms with Gasteiger partial charge in [-0.15, -0.1) is 0 Å². The summed E-state index contributed by atoms with van der Waals surface area (Å²) >= 11 is 0. The monoisotopic (exact) mass is 235 g/mol. The predicted octanol–water partition coefficient (Wildman–Crippen LogP) is 2.41. The Balaban J connectivity index is 2.41. The third kappa shape index (κ3) is 2.13. The van der Waals surface area contributed by atoms with E-state index in [0.29, 0.717) is 0 Å². The first-order valence-corrected chi connectivity index (χ1v) is 5.42. The number of hydrogen-bond donors (Lipinski definition) is 1. The molecule has 0 aromatic heterocycles. The van der Waals surface area contributed by atoms with Crippen LogP contribution in [0, 0.1) is 17.0 Å². The van der Waals surface area contributed by atoms with Gasteiger partial charge in [0.15, 0.2) is 0 Å². The number of benzene rings is 1. The Morgan fingerprint density at radius 3 is 2.65 bits per heavy atom. The topological polar surface area (TPSA) is 80.4 Å². The van der Waals surface area contributed by atoms with Gasteiger partial charge in [0.25, 0.3) is 5.69 Å². The summed E-state index contributed by atoms with van der Waals surface area (Å²) < 4.78 is 0. The number of aliphatic carboxylic acids is 1. The molecule has 0 bridgehead atoms. The van der Waals surface area contributed by atoms with Gasteiger partial charge in [-0.25, -0.2) is 0 Å². The fraction of sp³-hybridized carbons (Fsp3) is 0.417. The first kappa shape index (κ1) is 11.6. The van der Waals surface area contributed by atoms with Gasteiger partial charge in [-0.3, -0.25) is 14.9 Å². The third-order valence-corrected chi connectivity index (χ3v) is 3.35. The first-order valence-electron chi connectivity index (χ1n) is 5.42. The number of nitro benzene ring substituents is 1. The lowest BCUT2D eigenvalue weighted by Crippen LogP contribution is -2.14. The summed E-state index contributed by atoms with van der Waals surface area (Å²) in [5, 5.41) is 19.6. The molecule has 0 atom stereocenters. The number of carboxylic acids is 1. The van der Waals surface area contributed by atoms with Crippen LogP contribution in [0.15, 0.2) is 18.2 Å². The largest absolute Gasteiger partial charge is 0.481 e. The molecular weight excluding hydrogens is 222 g/mol. The molecule has 1 N–H and O–H groups in total. The van der Waals surface area contributed by atoms with E-state index in [1.54, 1.807) is 6.07 Å². The third-order valence-electron chi connectivity index (χ3n) is 3.35. The Kier molecular flexibility index (Phi) is 2.61. The van der Waals surface area contributed by atoms with Gasteiger partial charge in [-0.05, 0) is 30.9 Å². The second kappa shape index (κ2) is 3.84. The summed E-state index contributed by atoms with van der Waals surface area (Å²) in [7, 11) is 0. The van der Waals surface area contributed by atoms with Crippen molar-refractivity contribution in [3.05, 3.63) is 39.4 Å². The zero-order chi connectivity index (χ0) is 12.6. The average Bonchev–Trinajstić information content (AvgIpc) is 2.97. The highest BCUT2D eigenvalue weighted by Gasteiger charge is 2.47. The van der Waals surface area contributed by atoms with Crippen molar-refractivity contribution in [2.24, 2.45) is 0 Å². The summed E-state index contributed by atoms with van der Waals surface area (Å²) in [6, 6.07) is 4.66. The predicted molar refractivity (Wildman–Crippen MR) is 61.0 cm³/mol. The highest BCUT2D eigenvalue weighted by Crippen LogP contribution is 2.52. The average molecular weight is 235 g/mol. The Morgan fingerprint density at radius 1 is 1.53 bits per heavy atom. The van der Waals surface area contributed by atoms with Crippen LogP contribution in [0.2, 0.25) is 0 Å². The van der Waals surface area contributed by atoms with Crippen LogP contribution in [0.4, 0.5) is 5.69 Å². The van der Waals surface area contributed by atoms with E-state index in [1.807, 2.05) is 6.92 Å². The van der Waals surface area contributed by atoms with Crippen LogP contribution in [-0.4, -0.2) is 16.0 Å². The number of aryl methyl sites for hydroxylation is 1. The molecule has 1 aromatic rings. The minimum absolute atomic E-state index is 0.0299. The smallest absolute Gasteiger partial charge is 0.304 e. The molecule has 0 aliphatic heterocycles. The molecule has 1 aliphatic rings. The van der Waals surface area contributed by atoms with E-state index in [2.05, 4.69) is 0 Å². The molecule has 1 aliphatic carbocycles. The molecule has 0 heterocycles. The Hall–Kier alpha value is -1.91. The van der Waals surface area contributed by atoms with Crippen molar-refractivity contribution >= 4 is 11.7 Å². The van der Waals surface area contributed by atoms with Crippen molar-refractivity contribution in [3.63, 3.8) is 0 Å². The van der Waals surface area contributed by atoms with E-state index in [4.69, 9.17) is 5.11 Å². The molecule has 0 saturated heterocycles. The van der Waals surface area contributed by atoms with Gasteiger partial charge >= 0.3 is 5.97 Å². The van der Waals surface area contributed by atoms with Gasteiger partial charge in [0.1, 0.15) is 0 Å². The van der Waals surface area contributed by atoms with E-state index in [-0.39, 0.29) is 17.5 Å². The van der Waals surface area contributed by atoms with Crippen molar-refractivity contribution in [2.45, 2.75) is 31.6 Å². The Morgan fingerprint density at radius 2 is 2.18 bits per heavy atom. The lowest BCUT2D eigenvalue weighted by Gasteiger charge is -2.15. The van der Waals surface area contributed by atoms with Crippen LogP contribution < -0.4 is 0 Å². The lowest BCUT2D eigenvalue weighted by molar-refractivity contribution is -0.385. The number of carboxylic acid groups (broad SMARTS) is 1. The zero-order valence-corrected chi connectivity index (χ0v) is 9.47. The van der Waals surface area contributed by atoms with Gasteiger partial charge < -0.3 is 5.11 Å². The molecule has 0 amide bonds. The number of carbonyl (C=O) groups is 1. The SMILES string of the molecule is Cc1ccc([N+](=O)[O-])cc1C1(CC(=O)O)CC1. The normalized spacial score (nSPS) is 16.5. The van der Waals surface area contributed by atoms with E-state index < -0.39 is 10.9 Å². The Labute approximate surface area is 98.2 Å². The maximum atomic E-state index is 10.8. The van der Waals surface area contributed by atoms with E-state index in [1.165, 1.54) is 12.1 Å². The van der Waals surface area contributed by atoms with Gasteiger partial charge in [-0.1, -0.05) is 6.07 Å². The molecule has 2 rings (SSSR count). The van der Waals surface area contributed by atoms with E-state index in [0.717, 1.165) is 24.0 Å².